The van der Waals surface area contributed by atoms with Gasteiger partial charge in [0.1, 0.15) is 11.5 Å². The molecule has 0 aliphatic carbocycles. The number of hydrogen-bond acceptors (Lipinski definition) is 5. The minimum atomic E-state index is -0.0363. The predicted octanol–water partition coefficient (Wildman–Crippen LogP) is 3.44. The quantitative estimate of drug-likeness (QED) is 0.675. The van der Waals surface area contributed by atoms with Crippen LogP contribution in [-0.4, -0.2) is 45.4 Å². The Labute approximate surface area is 176 Å². The Balaban J connectivity index is 1.48. The number of amides is 1. The van der Waals surface area contributed by atoms with Crippen molar-refractivity contribution >= 4 is 11.7 Å². The highest BCUT2D eigenvalue weighted by Crippen LogP contribution is 2.46. The van der Waals surface area contributed by atoms with Gasteiger partial charge in [-0.05, 0) is 36.6 Å². The number of likely N-dealkylation sites (tertiary alicyclic amines) is 1. The van der Waals surface area contributed by atoms with Gasteiger partial charge in [-0.2, -0.15) is 0 Å². The van der Waals surface area contributed by atoms with Crippen molar-refractivity contribution in [2.45, 2.75) is 19.9 Å². The lowest BCUT2D eigenvalue weighted by atomic mass is 9.87. The Morgan fingerprint density at radius 3 is 2.57 bits per heavy atom. The number of benzene rings is 1. The van der Waals surface area contributed by atoms with E-state index in [9.17, 15) is 4.79 Å². The van der Waals surface area contributed by atoms with Gasteiger partial charge in [0.05, 0.1) is 12.2 Å². The van der Waals surface area contributed by atoms with Gasteiger partial charge in [-0.25, -0.2) is 9.97 Å². The summed E-state index contributed by atoms with van der Waals surface area (Å²) in [4.78, 5) is 30.7. The van der Waals surface area contributed by atoms with Crippen LogP contribution < -0.4 is 4.90 Å². The van der Waals surface area contributed by atoms with Crippen LogP contribution in [0, 0.1) is 25.7 Å². The largest absolute Gasteiger partial charge is 0.356 e. The zero-order chi connectivity index (χ0) is 20.7. The van der Waals surface area contributed by atoms with Crippen LogP contribution in [-0.2, 0) is 0 Å². The zero-order valence-corrected chi connectivity index (χ0v) is 17.3. The molecule has 2 aromatic heterocycles. The van der Waals surface area contributed by atoms with Crippen molar-refractivity contribution in [1.82, 2.24) is 19.9 Å². The number of hydrogen-bond donors (Lipinski definition) is 0. The van der Waals surface area contributed by atoms with Gasteiger partial charge in [-0.3, -0.25) is 9.78 Å². The summed E-state index contributed by atoms with van der Waals surface area (Å²) >= 11 is 0. The summed E-state index contributed by atoms with van der Waals surface area (Å²) in [6, 6.07) is 12.6. The fourth-order valence-corrected chi connectivity index (χ4v) is 4.96. The first-order valence-electron chi connectivity index (χ1n) is 10.4. The first-order chi connectivity index (χ1) is 14.6. The summed E-state index contributed by atoms with van der Waals surface area (Å²) in [5.41, 5.74) is 4.01. The SMILES string of the molecule is Cc1ccc(N2C[C@H]3CN(C(=O)c4cnccn4)[C@H](c4ccccc4C)[C@H]3C2)nc1. The summed E-state index contributed by atoms with van der Waals surface area (Å²) < 4.78 is 0. The number of carbonyl (C=O) groups excluding carboxylic acids is 1. The van der Waals surface area contributed by atoms with Crippen LogP contribution in [0.5, 0.6) is 0 Å². The standard InChI is InChI=1S/C24H25N5O/c1-16-7-8-22(27-11-16)28-13-18-14-29(24(30)21-12-25-9-10-26-21)23(20(18)15-28)19-6-4-3-5-17(19)2/h3-12,18,20,23H,13-15H2,1-2H3/t18-,20-,23+/m0/s1. The number of aromatic nitrogens is 3. The van der Waals surface area contributed by atoms with Crippen LogP contribution in [0.1, 0.15) is 33.2 Å². The van der Waals surface area contributed by atoms with Crippen LogP contribution in [0.25, 0.3) is 0 Å². The average Bonchev–Trinajstić information content (AvgIpc) is 3.33. The van der Waals surface area contributed by atoms with Crippen molar-refractivity contribution in [2.24, 2.45) is 11.8 Å². The predicted molar refractivity (Wildman–Crippen MR) is 115 cm³/mol. The van der Waals surface area contributed by atoms with Gasteiger partial charge < -0.3 is 9.80 Å². The van der Waals surface area contributed by atoms with E-state index in [2.05, 4.69) is 70.1 Å². The first-order valence-corrected chi connectivity index (χ1v) is 10.4. The molecule has 2 aliphatic rings. The van der Waals surface area contributed by atoms with Gasteiger partial charge in [0.15, 0.2) is 0 Å². The van der Waals surface area contributed by atoms with Gasteiger partial charge in [-0.1, -0.05) is 30.3 Å². The maximum Gasteiger partial charge on any atom is 0.274 e. The number of pyridine rings is 1. The molecule has 5 rings (SSSR count). The van der Waals surface area contributed by atoms with Gasteiger partial charge in [0.25, 0.3) is 5.91 Å². The second-order valence-corrected chi connectivity index (χ2v) is 8.37. The fraction of sp³-hybridized carbons (Fsp3) is 0.333. The van der Waals surface area contributed by atoms with Gasteiger partial charge in [-0.15, -0.1) is 0 Å². The lowest BCUT2D eigenvalue weighted by Crippen LogP contribution is -2.36. The average molecular weight is 399 g/mol. The molecule has 0 bridgehead atoms. The molecule has 2 fully saturated rings. The fourth-order valence-electron chi connectivity index (χ4n) is 4.96. The summed E-state index contributed by atoms with van der Waals surface area (Å²) in [5, 5.41) is 0. The highest BCUT2D eigenvalue weighted by Gasteiger charge is 2.50. The first kappa shape index (κ1) is 18.7. The maximum absolute atomic E-state index is 13.4. The molecule has 0 saturated carbocycles. The smallest absolute Gasteiger partial charge is 0.274 e. The zero-order valence-electron chi connectivity index (χ0n) is 17.3. The number of aryl methyl sites for hydroxylation is 2. The molecule has 30 heavy (non-hydrogen) atoms. The third-order valence-corrected chi connectivity index (χ3v) is 6.43. The van der Waals surface area contributed by atoms with Crippen molar-refractivity contribution in [1.29, 1.82) is 0 Å². The van der Waals surface area contributed by atoms with Crippen molar-refractivity contribution < 1.29 is 4.79 Å². The molecule has 2 saturated heterocycles. The molecule has 6 heteroatoms. The minimum Gasteiger partial charge on any atom is -0.356 e. The van der Waals surface area contributed by atoms with E-state index < -0.39 is 0 Å². The number of fused-ring (bicyclic) bond motifs is 1. The van der Waals surface area contributed by atoms with Gasteiger partial charge in [0.2, 0.25) is 0 Å². The molecular formula is C24H25N5O. The van der Waals surface area contributed by atoms with Crippen molar-refractivity contribution in [2.75, 3.05) is 24.5 Å². The highest BCUT2D eigenvalue weighted by molar-refractivity contribution is 5.92. The van der Waals surface area contributed by atoms with E-state index >= 15 is 0 Å². The third kappa shape index (κ3) is 3.22. The molecule has 2 aliphatic heterocycles. The number of carbonyl (C=O) groups is 1. The Morgan fingerprint density at radius 1 is 0.967 bits per heavy atom. The van der Waals surface area contributed by atoms with E-state index in [0.29, 0.717) is 17.5 Å². The number of nitrogens with zero attached hydrogens (tertiary/aromatic N) is 5. The van der Waals surface area contributed by atoms with Crippen LogP contribution >= 0.6 is 0 Å². The topological polar surface area (TPSA) is 62.2 Å². The van der Waals surface area contributed by atoms with E-state index in [1.165, 1.54) is 11.1 Å². The molecule has 4 heterocycles. The molecule has 3 aromatic rings. The van der Waals surface area contributed by atoms with Gasteiger partial charge >= 0.3 is 0 Å². The van der Waals surface area contributed by atoms with E-state index in [1.54, 1.807) is 18.6 Å². The van der Waals surface area contributed by atoms with Crippen LogP contribution in [0.4, 0.5) is 5.82 Å². The summed E-state index contributed by atoms with van der Waals surface area (Å²) in [6.45, 7) is 6.71. The highest BCUT2D eigenvalue weighted by atomic mass is 16.2. The number of anilines is 1. The summed E-state index contributed by atoms with van der Waals surface area (Å²) in [7, 11) is 0. The van der Waals surface area contributed by atoms with E-state index in [1.807, 2.05) is 11.1 Å². The summed E-state index contributed by atoms with van der Waals surface area (Å²) in [5.74, 6) is 1.74. The van der Waals surface area contributed by atoms with Gasteiger partial charge in [0, 0.05) is 50.1 Å². The lowest BCUT2D eigenvalue weighted by Gasteiger charge is -2.31. The Morgan fingerprint density at radius 2 is 1.83 bits per heavy atom. The minimum absolute atomic E-state index is 0.0288. The second-order valence-electron chi connectivity index (χ2n) is 8.37. The maximum atomic E-state index is 13.4. The number of rotatable bonds is 3. The molecule has 6 nitrogen and oxygen atoms in total. The Hall–Kier alpha value is -3.28. The second kappa shape index (κ2) is 7.52. The molecule has 3 atom stereocenters. The lowest BCUT2D eigenvalue weighted by molar-refractivity contribution is 0.0708. The third-order valence-electron chi connectivity index (χ3n) is 6.43. The molecule has 0 N–H and O–H groups in total. The monoisotopic (exact) mass is 399 g/mol. The molecule has 0 radical (unpaired) electrons. The van der Waals surface area contributed by atoms with E-state index in [4.69, 9.17) is 0 Å². The molecule has 0 spiro atoms. The van der Waals surface area contributed by atoms with Crippen LogP contribution in [0.15, 0.2) is 61.2 Å². The normalized spacial score (nSPS) is 22.9. The van der Waals surface area contributed by atoms with E-state index in [-0.39, 0.29) is 11.9 Å². The molecular weight excluding hydrogens is 374 g/mol. The Bertz CT molecular complexity index is 1050. The Kier molecular flexibility index (Phi) is 4.69. The van der Waals surface area contributed by atoms with E-state index in [0.717, 1.165) is 31.0 Å². The molecule has 0 unspecified atom stereocenters. The summed E-state index contributed by atoms with van der Waals surface area (Å²) in [6.07, 6.45) is 6.67. The van der Waals surface area contributed by atoms with Crippen LogP contribution in [0.3, 0.4) is 0 Å². The van der Waals surface area contributed by atoms with Crippen LogP contribution in [0.2, 0.25) is 0 Å². The molecule has 152 valence electrons. The van der Waals surface area contributed by atoms with Crippen molar-refractivity contribution in [3.8, 4) is 0 Å². The molecule has 1 amide bonds. The van der Waals surface area contributed by atoms with Crippen molar-refractivity contribution in [3.63, 3.8) is 0 Å². The molecule has 1 aromatic carbocycles. The van der Waals surface area contributed by atoms with Crippen molar-refractivity contribution in [3.05, 3.63) is 83.6 Å².